The largest absolute Gasteiger partial charge is 0.353 e. The van der Waals surface area contributed by atoms with Gasteiger partial charge in [-0.25, -0.2) is 0 Å². The molecule has 6 heterocycles. The fraction of sp³-hybridized carbons (Fsp3) is 0.120. The summed E-state index contributed by atoms with van der Waals surface area (Å²) in [6.07, 6.45) is 7.43. The third-order valence-electron chi connectivity index (χ3n) is 5.63. The Bertz CT molecular complexity index is 1580. The van der Waals surface area contributed by atoms with Crippen LogP contribution in [0.4, 0.5) is 0 Å². The number of rotatable bonds is 5. The van der Waals surface area contributed by atoms with Crippen LogP contribution in [0.25, 0.3) is 55.7 Å². The van der Waals surface area contributed by atoms with E-state index < -0.39 is 0 Å². The van der Waals surface area contributed by atoms with Crippen molar-refractivity contribution < 1.29 is 0 Å². The number of hydrogen-bond donors (Lipinski definition) is 2. The van der Waals surface area contributed by atoms with Crippen LogP contribution in [-0.2, 0) is 6.54 Å². The highest BCUT2D eigenvalue weighted by molar-refractivity contribution is 7.08. The molecule has 0 aliphatic carbocycles. The molecule has 6 aromatic heterocycles. The molecule has 33 heavy (non-hydrogen) atoms. The summed E-state index contributed by atoms with van der Waals surface area (Å²) in [6.45, 7) is 0.829. The standard InChI is InChI=1S/C25H21N7S/c1-32(2)13-15-7-17(11-26-10-15)21-8-19-23(12-28-21)30-31-25(19)22-9-18-20(29-22)3-5-27-24(18)16-4-6-33-14-16/h3-12,14,29H,13H2,1-2H3,(H,30,31). The zero-order valence-electron chi connectivity index (χ0n) is 18.2. The zero-order chi connectivity index (χ0) is 22.4. The molecule has 0 amide bonds. The highest BCUT2D eigenvalue weighted by Crippen LogP contribution is 2.34. The number of fused-ring (bicyclic) bond motifs is 2. The summed E-state index contributed by atoms with van der Waals surface area (Å²) in [6, 6.07) is 10.4. The summed E-state index contributed by atoms with van der Waals surface area (Å²) in [5.74, 6) is 0. The topological polar surface area (TPSA) is 86.4 Å². The molecule has 7 nitrogen and oxygen atoms in total. The van der Waals surface area contributed by atoms with Gasteiger partial charge in [-0.3, -0.25) is 20.1 Å². The van der Waals surface area contributed by atoms with E-state index in [1.165, 1.54) is 0 Å². The first kappa shape index (κ1) is 19.8. The molecule has 0 radical (unpaired) electrons. The Morgan fingerprint density at radius 2 is 1.82 bits per heavy atom. The molecule has 0 aliphatic heterocycles. The molecule has 0 bridgehead atoms. The Kier molecular flexibility index (Phi) is 4.74. The van der Waals surface area contributed by atoms with Gasteiger partial charge >= 0.3 is 0 Å². The normalized spacial score (nSPS) is 11.7. The van der Waals surface area contributed by atoms with Crippen molar-refractivity contribution >= 4 is 33.1 Å². The van der Waals surface area contributed by atoms with Gasteiger partial charge in [-0.2, -0.15) is 16.4 Å². The van der Waals surface area contributed by atoms with Gasteiger partial charge in [0.15, 0.2) is 0 Å². The fourth-order valence-corrected chi connectivity index (χ4v) is 4.81. The number of hydrogen-bond acceptors (Lipinski definition) is 6. The lowest BCUT2D eigenvalue weighted by Gasteiger charge is -2.10. The van der Waals surface area contributed by atoms with Crippen molar-refractivity contribution in [2.75, 3.05) is 14.1 Å². The molecular formula is C25H21N7S. The second-order valence-corrected chi connectivity index (χ2v) is 9.10. The van der Waals surface area contributed by atoms with Crippen molar-refractivity contribution in [3.63, 3.8) is 0 Å². The highest BCUT2D eigenvalue weighted by atomic mass is 32.1. The SMILES string of the molecule is CN(C)Cc1cncc(-c2cc3c(-c4cc5c(-c6ccsc6)nccc5[nH]4)n[nH]c3cn2)c1. The van der Waals surface area contributed by atoms with E-state index in [0.29, 0.717) is 0 Å². The Morgan fingerprint density at radius 1 is 0.909 bits per heavy atom. The van der Waals surface area contributed by atoms with Crippen LogP contribution >= 0.6 is 11.3 Å². The first-order chi connectivity index (χ1) is 16.2. The third-order valence-corrected chi connectivity index (χ3v) is 6.32. The first-order valence-corrected chi connectivity index (χ1v) is 11.5. The zero-order valence-corrected chi connectivity index (χ0v) is 19.0. The van der Waals surface area contributed by atoms with Crippen LogP contribution in [0.2, 0.25) is 0 Å². The van der Waals surface area contributed by atoms with Crippen LogP contribution in [0, 0.1) is 0 Å². The van der Waals surface area contributed by atoms with Gasteiger partial charge in [0.25, 0.3) is 0 Å². The highest BCUT2D eigenvalue weighted by Gasteiger charge is 2.15. The van der Waals surface area contributed by atoms with Crippen LogP contribution in [0.15, 0.2) is 65.9 Å². The van der Waals surface area contributed by atoms with Crippen LogP contribution in [0.3, 0.4) is 0 Å². The quantitative estimate of drug-likeness (QED) is 0.369. The molecular weight excluding hydrogens is 430 g/mol. The number of nitrogens with one attached hydrogen (secondary N) is 2. The smallest absolute Gasteiger partial charge is 0.116 e. The van der Waals surface area contributed by atoms with Crippen molar-refractivity contribution in [1.82, 2.24) is 35.0 Å². The van der Waals surface area contributed by atoms with E-state index >= 15 is 0 Å². The van der Waals surface area contributed by atoms with E-state index in [4.69, 9.17) is 0 Å². The summed E-state index contributed by atoms with van der Waals surface area (Å²) >= 11 is 1.67. The molecule has 2 N–H and O–H groups in total. The van der Waals surface area contributed by atoms with Crippen molar-refractivity contribution in [3.05, 3.63) is 71.4 Å². The average molecular weight is 452 g/mol. The predicted octanol–water partition coefficient (Wildman–Crippen LogP) is 5.35. The number of nitrogens with zero attached hydrogens (tertiary/aromatic N) is 5. The molecule has 8 heteroatoms. The van der Waals surface area contributed by atoms with Gasteiger partial charge in [-0.15, -0.1) is 0 Å². The summed E-state index contributed by atoms with van der Waals surface area (Å²) in [5, 5.41) is 14.0. The molecule has 0 fully saturated rings. The number of aromatic nitrogens is 6. The lowest BCUT2D eigenvalue weighted by molar-refractivity contribution is 0.402. The summed E-state index contributed by atoms with van der Waals surface area (Å²) < 4.78 is 0. The molecule has 0 unspecified atom stereocenters. The number of pyridine rings is 3. The van der Waals surface area contributed by atoms with Gasteiger partial charge in [0.05, 0.1) is 28.8 Å². The van der Waals surface area contributed by atoms with E-state index in [9.17, 15) is 0 Å². The van der Waals surface area contributed by atoms with E-state index in [-0.39, 0.29) is 0 Å². The van der Waals surface area contributed by atoms with Gasteiger partial charge in [-0.05, 0) is 55.4 Å². The van der Waals surface area contributed by atoms with Crippen LogP contribution < -0.4 is 0 Å². The monoisotopic (exact) mass is 451 g/mol. The molecule has 162 valence electrons. The minimum atomic E-state index is 0.829. The van der Waals surface area contributed by atoms with Gasteiger partial charge < -0.3 is 9.88 Å². The van der Waals surface area contributed by atoms with Crippen molar-refractivity contribution in [2.45, 2.75) is 6.54 Å². The number of H-pyrrole nitrogens is 2. The molecule has 6 rings (SSSR count). The first-order valence-electron chi connectivity index (χ1n) is 10.6. The maximum atomic E-state index is 4.65. The second-order valence-electron chi connectivity index (χ2n) is 8.32. The van der Waals surface area contributed by atoms with E-state index in [1.807, 2.05) is 44.9 Å². The third kappa shape index (κ3) is 3.59. The average Bonchev–Trinajstić information content (AvgIpc) is 3.57. The lowest BCUT2D eigenvalue weighted by atomic mass is 10.1. The van der Waals surface area contributed by atoms with E-state index in [0.717, 1.165) is 67.8 Å². The molecule has 0 saturated heterocycles. The summed E-state index contributed by atoms with van der Waals surface area (Å²) in [7, 11) is 4.10. The summed E-state index contributed by atoms with van der Waals surface area (Å²) in [4.78, 5) is 19.4. The van der Waals surface area contributed by atoms with Gasteiger partial charge in [0.2, 0.25) is 0 Å². The maximum absolute atomic E-state index is 4.65. The van der Waals surface area contributed by atoms with Crippen LogP contribution in [-0.4, -0.2) is 49.1 Å². The molecule has 0 atom stereocenters. The predicted molar refractivity (Wildman–Crippen MR) is 133 cm³/mol. The Morgan fingerprint density at radius 3 is 2.67 bits per heavy atom. The number of thiophene rings is 1. The number of aromatic amines is 2. The van der Waals surface area contributed by atoms with Crippen LogP contribution in [0.5, 0.6) is 0 Å². The minimum Gasteiger partial charge on any atom is -0.353 e. The maximum Gasteiger partial charge on any atom is 0.116 e. The molecule has 0 saturated carbocycles. The van der Waals surface area contributed by atoms with E-state index in [2.05, 4.69) is 70.1 Å². The van der Waals surface area contributed by atoms with Crippen molar-refractivity contribution in [2.24, 2.45) is 0 Å². The van der Waals surface area contributed by atoms with Gasteiger partial charge in [0.1, 0.15) is 5.69 Å². The van der Waals surface area contributed by atoms with Gasteiger partial charge in [0, 0.05) is 57.9 Å². The Balaban J connectivity index is 1.45. The minimum absolute atomic E-state index is 0.829. The lowest BCUT2D eigenvalue weighted by Crippen LogP contribution is -2.10. The Hall–Kier alpha value is -3.88. The molecule has 0 aliphatic rings. The van der Waals surface area contributed by atoms with Gasteiger partial charge in [-0.1, -0.05) is 0 Å². The molecule has 0 aromatic carbocycles. The molecule has 0 spiro atoms. The van der Waals surface area contributed by atoms with Crippen LogP contribution in [0.1, 0.15) is 5.56 Å². The fourth-order valence-electron chi connectivity index (χ4n) is 4.17. The molecule has 6 aromatic rings. The van der Waals surface area contributed by atoms with Crippen molar-refractivity contribution in [1.29, 1.82) is 0 Å². The summed E-state index contributed by atoms with van der Waals surface area (Å²) in [5.41, 5.74) is 8.83. The second kappa shape index (κ2) is 7.91. The van der Waals surface area contributed by atoms with Crippen molar-refractivity contribution in [3.8, 4) is 33.9 Å². The van der Waals surface area contributed by atoms with E-state index in [1.54, 1.807) is 11.3 Å². The Labute approximate surface area is 194 Å².